The Labute approximate surface area is 183 Å². The Kier molecular flexibility index (Phi) is 5.86. The van der Waals surface area contributed by atoms with Crippen molar-refractivity contribution >= 4 is 23.4 Å². The van der Waals surface area contributed by atoms with Crippen molar-refractivity contribution in [1.82, 2.24) is 4.57 Å². The molecule has 0 unspecified atom stereocenters. The van der Waals surface area contributed by atoms with Crippen molar-refractivity contribution in [3.05, 3.63) is 96.7 Å². The zero-order chi connectivity index (χ0) is 22.0. The first-order chi connectivity index (χ1) is 15.1. The molecule has 0 radical (unpaired) electrons. The van der Waals surface area contributed by atoms with Crippen molar-refractivity contribution < 1.29 is 14.3 Å². The highest BCUT2D eigenvalue weighted by atomic mass is 32.1. The summed E-state index contributed by atoms with van der Waals surface area (Å²) in [5.74, 6) is 0.200. The van der Waals surface area contributed by atoms with E-state index in [-0.39, 0.29) is 5.56 Å². The van der Waals surface area contributed by atoms with Gasteiger partial charge in [-0.3, -0.25) is 9.36 Å². The maximum atomic E-state index is 13.5. The average molecular weight is 435 g/mol. The summed E-state index contributed by atoms with van der Waals surface area (Å²) in [4.78, 5) is 31.5. The maximum Gasteiger partial charge on any atom is 0.338 e. The molecule has 0 bridgehead atoms. The van der Waals surface area contributed by atoms with E-state index >= 15 is 0 Å². The summed E-state index contributed by atoms with van der Waals surface area (Å²) >= 11 is 1.30. The Morgan fingerprint density at radius 3 is 2.52 bits per heavy atom. The SMILES string of the molecule is CCC1=C(C(=O)OC)[C@H](c2ccccc2)n2c(s/c(=C\c3ccccc3OC)c2=O)=N1. The molecule has 0 amide bonds. The van der Waals surface area contributed by atoms with E-state index in [1.165, 1.54) is 18.4 Å². The van der Waals surface area contributed by atoms with Crippen LogP contribution in [0.5, 0.6) is 5.75 Å². The van der Waals surface area contributed by atoms with Crippen LogP contribution in [0.15, 0.2) is 75.7 Å². The molecule has 2 aromatic carbocycles. The molecule has 0 aliphatic carbocycles. The number of thiazole rings is 1. The van der Waals surface area contributed by atoms with E-state index in [9.17, 15) is 9.59 Å². The molecule has 7 heteroatoms. The van der Waals surface area contributed by atoms with Gasteiger partial charge >= 0.3 is 5.97 Å². The quantitative estimate of drug-likeness (QED) is 0.579. The number of carbonyl (C=O) groups excluding carboxylic acids is 1. The molecule has 6 nitrogen and oxygen atoms in total. The summed E-state index contributed by atoms with van der Waals surface area (Å²) < 4.78 is 12.6. The van der Waals surface area contributed by atoms with Gasteiger partial charge in [-0.2, -0.15) is 0 Å². The molecule has 0 fully saturated rings. The number of esters is 1. The van der Waals surface area contributed by atoms with Crippen LogP contribution in [-0.2, 0) is 9.53 Å². The van der Waals surface area contributed by atoms with Gasteiger partial charge < -0.3 is 9.47 Å². The summed E-state index contributed by atoms with van der Waals surface area (Å²) in [7, 11) is 2.94. The smallest absolute Gasteiger partial charge is 0.338 e. The van der Waals surface area contributed by atoms with Gasteiger partial charge in [0.15, 0.2) is 4.80 Å². The van der Waals surface area contributed by atoms with Crippen LogP contribution in [-0.4, -0.2) is 24.8 Å². The van der Waals surface area contributed by atoms with Gasteiger partial charge in [-0.1, -0.05) is 66.8 Å². The first-order valence-electron chi connectivity index (χ1n) is 9.90. The lowest BCUT2D eigenvalue weighted by molar-refractivity contribution is -0.136. The fourth-order valence-corrected chi connectivity index (χ4v) is 4.75. The van der Waals surface area contributed by atoms with Crippen molar-refractivity contribution in [2.75, 3.05) is 14.2 Å². The number of nitrogens with zero attached hydrogens (tertiary/aromatic N) is 2. The van der Waals surface area contributed by atoms with E-state index in [1.807, 2.05) is 61.5 Å². The van der Waals surface area contributed by atoms with Gasteiger partial charge in [-0.05, 0) is 24.1 Å². The standard InChI is InChI=1S/C24H22N2O4S/c1-4-17-20(23(28)30-3)21(15-10-6-5-7-11-15)26-22(27)19(31-24(26)25-17)14-16-12-8-9-13-18(16)29-2/h5-14,21H,4H2,1-3H3/b19-14-/t21-/m0/s1. The van der Waals surface area contributed by atoms with Crippen molar-refractivity contribution in [3.63, 3.8) is 0 Å². The second-order valence-corrected chi connectivity index (χ2v) is 7.95. The Balaban J connectivity index is 2.01. The minimum atomic E-state index is -0.598. The second-order valence-electron chi connectivity index (χ2n) is 6.94. The number of allylic oxidation sites excluding steroid dienone is 1. The van der Waals surface area contributed by atoms with Crippen LogP contribution in [0.4, 0.5) is 0 Å². The molecular weight excluding hydrogens is 412 g/mol. The molecule has 1 aliphatic rings. The van der Waals surface area contributed by atoms with E-state index in [2.05, 4.69) is 4.99 Å². The fourth-order valence-electron chi connectivity index (χ4n) is 3.74. The van der Waals surface area contributed by atoms with Gasteiger partial charge in [0.2, 0.25) is 0 Å². The predicted octanol–water partition coefficient (Wildman–Crippen LogP) is 2.81. The van der Waals surface area contributed by atoms with E-state index < -0.39 is 12.0 Å². The average Bonchev–Trinajstić information content (AvgIpc) is 3.12. The molecule has 1 aliphatic heterocycles. The number of aromatic nitrogens is 1. The molecule has 0 saturated heterocycles. The van der Waals surface area contributed by atoms with Crippen molar-refractivity contribution in [2.45, 2.75) is 19.4 Å². The van der Waals surface area contributed by atoms with Crippen LogP contribution in [0, 0.1) is 0 Å². The fraction of sp³-hybridized carbons (Fsp3) is 0.208. The minimum absolute atomic E-state index is 0.208. The van der Waals surface area contributed by atoms with Gasteiger partial charge in [0, 0.05) is 5.56 Å². The minimum Gasteiger partial charge on any atom is -0.496 e. The number of methoxy groups -OCH3 is 2. The third kappa shape index (κ3) is 3.72. The molecule has 31 heavy (non-hydrogen) atoms. The van der Waals surface area contributed by atoms with Crippen LogP contribution >= 0.6 is 11.3 Å². The highest BCUT2D eigenvalue weighted by Crippen LogP contribution is 2.31. The topological polar surface area (TPSA) is 69.9 Å². The summed E-state index contributed by atoms with van der Waals surface area (Å²) in [5, 5.41) is 0. The molecule has 1 atom stereocenters. The van der Waals surface area contributed by atoms with Gasteiger partial charge in [-0.15, -0.1) is 0 Å². The van der Waals surface area contributed by atoms with Crippen LogP contribution in [0.2, 0.25) is 0 Å². The van der Waals surface area contributed by atoms with E-state index in [0.717, 1.165) is 11.1 Å². The van der Waals surface area contributed by atoms with Gasteiger partial charge in [0.25, 0.3) is 5.56 Å². The zero-order valence-electron chi connectivity index (χ0n) is 17.5. The van der Waals surface area contributed by atoms with E-state index in [4.69, 9.17) is 9.47 Å². The number of benzene rings is 2. The Morgan fingerprint density at radius 2 is 1.84 bits per heavy atom. The van der Waals surface area contributed by atoms with Gasteiger partial charge in [0.05, 0.1) is 36.1 Å². The Hall–Kier alpha value is -3.45. The van der Waals surface area contributed by atoms with Gasteiger partial charge in [-0.25, -0.2) is 9.79 Å². The number of hydrogen-bond donors (Lipinski definition) is 0. The van der Waals surface area contributed by atoms with E-state index in [0.29, 0.717) is 32.8 Å². The molecule has 0 spiro atoms. The zero-order valence-corrected chi connectivity index (χ0v) is 18.3. The normalized spacial score (nSPS) is 16.0. The Bertz CT molecular complexity index is 1340. The number of ether oxygens (including phenoxy) is 2. The lowest BCUT2D eigenvalue weighted by atomic mass is 9.95. The predicted molar refractivity (Wildman–Crippen MR) is 120 cm³/mol. The molecule has 0 saturated carbocycles. The van der Waals surface area contributed by atoms with Crippen molar-refractivity contribution in [3.8, 4) is 5.75 Å². The van der Waals surface area contributed by atoms with E-state index in [1.54, 1.807) is 17.8 Å². The van der Waals surface area contributed by atoms with Crippen LogP contribution < -0.4 is 19.6 Å². The number of hydrogen-bond acceptors (Lipinski definition) is 6. The summed E-state index contributed by atoms with van der Waals surface area (Å²) in [5.41, 5.74) is 2.45. The monoisotopic (exact) mass is 434 g/mol. The molecule has 158 valence electrons. The third-order valence-corrected chi connectivity index (χ3v) is 6.17. The summed E-state index contributed by atoms with van der Waals surface area (Å²) in [6.07, 6.45) is 2.35. The number of rotatable bonds is 5. The lowest BCUT2D eigenvalue weighted by Gasteiger charge is -2.25. The van der Waals surface area contributed by atoms with Crippen molar-refractivity contribution in [2.24, 2.45) is 4.99 Å². The maximum absolute atomic E-state index is 13.5. The summed E-state index contributed by atoms with van der Waals surface area (Å²) in [6, 6.07) is 16.4. The third-order valence-electron chi connectivity index (χ3n) is 5.19. The number of para-hydroxylation sites is 1. The largest absolute Gasteiger partial charge is 0.496 e. The second kappa shape index (κ2) is 8.73. The number of fused-ring (bicyclic) bond motifs is 1. The van der Waals surface area contributed by atoms with Crippen LogP contribution in [0.25, 0.3) is 6.08 Å². The van der Waals surface area contributed by atoms with Crippen LogP contribution in [0.3, 0.4) is 0 Å². The van der Waals surface area contributed by atoms with Crippen molar-refractivity contribution in [1.29, 1.82) is 0 Å². The molecular formula is C24H22N2O4S. The molecule has 0 N–H and O–H groups in total. The highest BCUT2D eigenvalue weighted by Gasteiger charge is 2.33. The molecule has 2 heterocycles. The summed E-state index contributed by atoms with van der Waals surface area (Å²) in [6.45, 7) is 1.94. The Morgan fingerprint density at radius 1 is 1.13 bits per heavy atom. The van der Waals surface area contributed by atoms with Gasteiger partial charge in [0.1, 0.15) is 5.75 Å². The highest BCUT2D eigenvalue weighted by molar-refractivity contribution is 7.07. The molecule has 3 aromatic rings. The first-order valence-corrected chi connectivity index (χ1v) is 10.7. The lowest BCUT2D eigenvalue weighted by Crippen LogP contribution is -2.40. The first kappa shape index (κ1) is 20.8. The number of carbonyl (C=O) groups is 1. The molecule has 4 rings (SSSR count). The van der Waals surface area contributed by atoms with Crippen LogP contribution in [0.1, 0.15) is 30.5 Å². The molecule has 1 aromatic heterocycles.